The van der Waals surface area contributed by atoms with Crippen molar-refractivity contribution in [2.75, 3.05) is 32.8 Å². The van der Waals surface area contributed by atoms with Crippen LogP contribution in [-0.2, 0) is 11.3 Å². The van der Waals surface area contributed by atoms with Crippen molar-refractivity contribution in [2.45, 2.75) is 37.4 Å². The number of likely N-dealkylation sites (tertiary alicyclic amines) is 1. The number of aliphatic hydroxyl groups is 1. The topological polar surface area (TPSA) is 79.7 Å². The van der Waals surface area contributed by atoms with Gasteiger partial charge >= 0.3 is 0 Å². The molecule has 1 aliphatic rings. The molecule has 1 amide bonds. The first-order chi connectivity index (χ1) is 16.9. The number of amides is 1. The minimum absolute atomic E-state index is 0.284. The van der Waals surface area contributed by atoms with E-state index in [1.807, 2.05) is 24.3 Å². The number of hydrogen-bond donors (Lipinski definition) is 3. The highest BCUT2D eigenvalue weighted by Gasteiger charge is 2.19. The van der Waals surface area contributed by atoms with Gasteiger partial charge in [-0.05, 0) is 66.3 Å². The molecule has 0 unspecified atom stereocenters. The number of nitrogens with zero attached hydrogens (tertiary/aromatic N) is 2. The van der Waals surface area contributed by atoms with Gasteiger partial charge in [-0.3, -0.25) is 14.9 Å². The zero-order valence-electron chi connectivity index (χ0n) is 20.4. The Morgan fingerprint density at radius 2 is 1.94 bits per heavy atom. The molecule has 1 aromatic heterocycles. The first kappa shape index (κ1) is 25.7. The number of fused-ring (bicyclic) bond motifs is 1. The Labute approximate surface area is 216 Å². The van der Waals surface area contributed by atoms with Gasteiger partial charge in [0, 0.05) is 43.0 Å². The minimum Gasteiger partial charge on any atom is -0.387 e. The number of hydrogen-bond acceptors (Lipinski definition) is 6. The van der Waals surface area contributed by atoms with Crippen LogP contribution in [0, 0.1) is 18.3 Å². The van der Waals surface area contributed by atoms with Crippen LogP contribution in [0.15, 0.2) is 52.7 Å². The highest BCUT2D eigenvalue weighted by atomic mass is 32.2. The summed E-state index contributed by atoms with van der Waals surface area (Å²) in [6.07, 6.45) is 2.27. The molecule has 0 spiro atoms. The average Bonchev–Trinajstić information content (AvgIpc) is 3.27. The Bertz CT molecular complexity index is 1150. The second-order valence-corrected chi connectivity index (χ2v) is 11.6. The highest BCUT2D eigenvalue weighted by molar-refractivity contribution is 7.99. The van der Waals surface area contributed by atoms with Crippen LogP contribution in [0.5, 0.6) is 0 Å². The van der Waals surface area contributed by atoms with Crippen LogP contribution in [0.1, 0.15) is 36.5 Å². The summed E-state index contributed by atoms with van der Waals surface area (Å²) in [5, 5.41) is 19.2. The van der Waals surface area contributed by atoms with Crippen molar-refractivity contribution in [3.8, 4) is 0 Å². The minimum atomic E-state index is -0.501. The second kappa shape index (κ2) is 12.0. The van der Waals surface area contributed by atoms with Gasteiger partial charge in [0.2, 0.25) is 5.91 Å². The molecular weight excluding hydrogens is 476 g/mol. The van der Waals surface area contributed by atoms with Gasteiger partial charge in [-0.15, -0.1) is 11.3 Å². The zero-order chi connectivity index (χ0) is 24.8. The molecule has 8 heteroatoms. The van der Waals surface area contributed by atoms with E-state index in [-0.39, 0.29) is 5.91 Å². The molecule has 0 radical (unpaired) electrons. The van der Waals surface area contributed by atoms with E-state index >= 15 is 0 Å². The lowest BCUT2D eigenvalue weighted by Gasteiger charge is -2.32. The average molecular weight is 511 g/mol. The Morgan fingerprint density at radius 1 is 1.20 bits per heavy atom. The summed E-state index contributed by atoms with van der Waals surface area (Å²) in [5.74, 6) is 1.02. The Balaban J connectivity index is 1.29. The van der Waals surface area contributed by atoms with Gasteiger partial charge in [0.25, 0.3) is 0 Å². The molecule has 0 aliphatic carbocycles. The zero-order valence-corrected chi connectivity index (χ0v) is 22.1. The number of piperidine rings is 1. The van der Waals surface area contributed by atoms with Crippen molar-refractivity contribution in [2.24, 2.45) is 5.92 Å². The van der Waals surface area contributed by atoms with Gasteiger partial charge in [0.1, 0.15) is 12.4 Å². The van der Waals surface area contributed by atoms with E-state index < -0.39 is 6.61 Å². The molecular formula is C27H34N4O2S2. The molecule has 4 rings (SSSR count). The maximum atomic E-state index is 12.3. The fraction of sp³-hybridized carbons (Fsp3) is 0.407. The molecule has 3 aromatic rings. The number of aliphatic hydroxyl groups excluding tert-OH is 1. The van der Waals surface area contributed by atoms with Crippen molar-refractivity contribution in [1.29, 1.82) is 5.41 Å². The molecule has 186 valence electrons. The van der Waals surface area contributed by atoms with E-state index in [4.69, 9.17) is 5.41 Å². The van der Waals surface area contributed by atoms with E-state index in [0.717, 1.165) is 43.0 Å². The summed E-state index contributed by atoms with van der Waals surface area (Å²) in [4.78, 5) is 16.2. The molecule has 0 bridgehead atoms. The molecule has 2 aromatic carbocycles. The number of carbonyl (C=O) groups is 1. The van der Waals surface area contributed by atoms with Crippen molar-refractivity contribution < 1.29 is 9.90 Å². The number of nitrogens with one attached hydrogen (secondary N) is 2. The number of benzene rings is 2. The molecule has 1 aliphatic heterocycles. The third-order valence-corrected chi connectivity index (χ3v) is 8.56. The van der Waals surface area contributed by atoms with Crippen molar-refractivity contribution in [3.63, 3.8) is 0 Å². The Morgan fingerprint density at radius 3 is 2.66 bits per heavy atom. The van der Waals surface area contributed by atoms with Crippen LogP contribution in [0.3, 0.4) is 0 Å². The van der Waals surface area contributed by atoms with E-state index in [1.54, 1.807) is 28.2 Å². The molecule has 35 heavy (non-hydrogen) atoms. The lowest BCUT2D eigenvalue weighted by molar-refractivity contribution is -0.134. The van der Waals surface area contributed by atoms with E-state index in [2.05, 4.69) is 47.7 Å². The smallest absolute Gasteiger partial charge is 0.248 e. The third-order valence-electron chi connectivity index (χ3n) is 6.50. The van der Waals surface area contributed by atoms with Crippen LogP contribution in [0.4, 0.5) is 0 Å². The number of aryl methyl sites for hydroxylation is 1. The monoisotopic (exact) mass is 510 g/mol. The first-order valence-corrected chi connectivity index (χ1v) is 13.8. The number of thiophene rings is 1. The van der Waals surface area contributed by atoms with Crippen LogP contribution in [-0.4, -0.2) is 59.4 Å². The SMILES string of the molecule is Cc1ccc2cc(SNCCN(Cc3ccc(C(=N)N4CCC(C)CC4)cc3)C(=O)CO)sc2c1. The van der Waals surface area contributed by atoms with Gasteiger partial charge in [0.15, 0.2) is 0 Å². The van der Waals surface area contributed by atoms with Crippen molar-refractivity contribution in [3.05, 3.63) is 65.2 Å². The Kier molecular flexibility index (Phi) is 8.83. The van der Waals surface area contributed by atoms with E-state index in [9.17, 15) is 9.90 Å². The van der Waals surface area contributed by atoms with Crippen LogP contribution < -0.4 is 4.72 Å². The summed E-state index contributed by atoms with van der Waals surface area (Å²) in [5.41, 5.74) is 3.15. The summed E-state index contributed by atoms with van der Waals surface area (Å²) in [6.45, 7) is 7.29. The van der Waals surface area contributed by atoms with Gasteiger partial charge in [-0.2, -0.15) is 0 Å². The predicted octanol–water partition coefficient (Wildman–Crippen LogP) is 4.88. The molecule has 0 atom stereocenters. The molecule has 1 saturated heterocycles. The van der Waals surface area contributed by atoms with Gasteiger partial charge < -0.3 is 14.9 Å². The summed E-state index contributed by atoms with van der Waals surface area (Å²) in [7, 11) is 0. The Hall–Kier alpha value is -2.39. The van der Waals surface area contributed by atoms with Gasteiger partial charge in [-0.25, -0.2) is 0 Å². The van der Waals surface area contributed by atoms with Crippen LogP contribution >= 0.6 is 23.3 Å². The van der Waals surface area contributed by atoms with Crippen molar-refractivity contribution >= 4 is 45.1 Å². The normalized spacial score (nSPS) is 14.4. The van der Waals surface area contributed by atoms with Gasteiger partial charge in [0.05, 0.1) is 4.21 Å². The standard InChI is InChI=1S/C27H34N4O2S2/c1-19-9-12-30(13-10-19)27(28)22-7-4-21(5-8-22)17-31(25(33)18-32)14-11-29-35-26-16-23-6-3-20(2)15-24(23)34-26/h3-8,15-16,19,28-29,32H,9-14,17-18H2,1-2H3. The van der Waals surface area contributed by atoms with E-state index in [0.29, 0.717) is 25.5 Å². The number of rotatable bonds is 9. The first-order valence-electron chi connectivity index (χ1n) is 12.1. The maximum Gasteiger partial charge on any atom is 0.248 e. The highest BCUT2D eigenvalue weighted by Crippen LogP contribution is 2.32. The fourth-order valence-corrected chi connectivity index (χ4v) is 6.29. The number of carbonyl (C=O) groups excluding carboxylic acids is 1. The molecule has 1 fully saturated rings. The molecule has 3 N–H and O–H groups in total. The van der Waals surface area contributed by atoms with E-state index in [1.165, 1.54) is 19.9 Å². The molecule has 2 heterocycles. The summed E-state index contributed by atoms with van der Waals surface area (Å²) in [6, 6.07) is 16.5. The van der Waals surface area contributed by atoms with Crippen LogP contribution in [0.2, 0.25) is 0 Å². The summed E-state index contributed by atoms with van der Waals surface area (Å²) >= 11 is 3.33. The lowest BCUT2D eigenvalue weighted by atomic mass is 9.98. The maximum absolute atomic E-state index is 12.3. The van der Waals surface area contributed by atoms with Crippen molar-refractivity contribution in [1.82, 2.24) is 14.5 Å². The largest absolute Gasteiger partial charge is 0.387 e. The fourth-order valence-electron chi connectivity index (χ4n) is 4.26. The number of amidine groups is 1. The van der Waals surface area contributed by atoms with Gasteiger partial charge in [-0.1, -0.05) is 43.3 Å². The third kappa shape index (κ3) is 6.85. The lowest BCUT2D eigenvalue weighted by Crippen LogP contribution is -2.38. The second-order valence-electron chi connectivity index (χ2n) is 9.29. The summed E-state index contributed by atoms with van der Waals surface area (Å²) < 4.78 is 5.82. The molecule has 6 nitrogen and oxygen atoms in total. The molecule has 0 saturated carbocycles. The predicted molar refractivity (Wildman–Crippen MR) is 146 cm³/mol. The quantitative estimate of drug-likeness (QED) is 0.165. The van der Waals surface area contributed by atoms with Crippen LogP contribution in [0.25, 0.3) is 10.1 Å².